The lowest BCUT2D eigenvalue weighted by atomic mass is 10.0. The molecule has 10 heteroatoms. The van der Waals surface area contributed by atoms with Crippen molar-refractivity contribution in [3.8, 4) is 23.1 Å². The number of methoxy groups -OCH3 is 1. The van der Waals surface area contributed by atoms with E-state index in [1.807, 2.05) is 30.9 Å². The molecule has 2 fully saturated rings. The largest absolute Gasteiger partial charge is 0.480 e. The maximum absolute atomic E-state index is 15.0. The van der Waals surface area contributed by atoms with Gasteiger partial charge in [0, 0.05) is 53.3 Å². The summed E-state index contributed by atoms with van der Waals surface area (Å²) in [6, 6.07) is 3.80. The fourth-order valence-corrected chi connectivity index (χ4v) is 5.75. The molecule has 3 aromatic heterocycles. The Morgan fingerprint density at radius 1 is 1.13 bits per heavy atom. The zero-order valence-corrected chi connectivity index (χ0v) is 26.9. The standard InChI is InChI=1S/C36H40F2N6O2/c1-6-14-36(37,38)27-8-7-9-29(44(19-27)18-24-10-11-24)33-28(22(2)3)16-25(17-39-33)20-46-30-15-23(4)42-34(43-30)31-32(26-12-13-26)40-21-41-35(31)45-5/h6,9,14-17,19,21,24,26H,2,7-8,10-13,18,20H2,1,3-5H3/b14-6+. The Labute approximate surface area is 269 Å². The molecule has 0 atom stereocenters. The number of aryl methyl sites for hydroxylation is 1. The van der Waals surface area contributed by atoms with Crippen LogP contribution in [-0.4, -0.2) is 49.4 Å². The molecule has 0 amide bonds. The quantitative estimate of drug-likeness (QED) is 0.187. The van der Waals surface area contributed by atoms with E-state index in [0.717, 1.165) is 71.2 Å². The molecule has 0 bridgehead atoms. The van der Waals surface area contributed by atoms with Crippen molar-refractivity contribution in [2.75, 3.05) is 13.7 Å². The Morgan fingerprint density at radius 2 is 1.93 bits per heavy atom. The summed E-state index contributed by atoms with van der Waals surface area (Å²) in [6.45, 7) is 10.6. The van der Waals surface area contributed by atoms with Crippen LogP contribution in [0.3, 0.4) is 0 Å². The zero-order chi connectivity index (χ0) is 32.4. The molecule has 0 unspecified atom stereocenters. The first kappa shape index (κ1) is 31.5. The minimum atomic E-state index is -3.00. The van der Waals surface area contributed by atoms with E-state index in [2.05, 4.69) is 21.5 Å². The van der Waals surface area contributed by atoms with Gasteiger partial charge in [0.15, 0.2) is 5.82 Å². The fourth-order valence-electron chi connectivity index (χ4n) is 5.75. The first-order valence-electron chi connectivity index (χ1n) is 15.9. The molecule has 8 nitrogen and oxygen atoms in total. The van der Waals surface area contributed by atoms with E-state index in [4.69, 9.17) is 19.4 Å². The zero-order valence-electron chi connectivity index (χ0n) is 26.9. The van der Waals surface area contributed by atoms with Crippen LogP contribution in [0.4, 0.5) is 8.78 Å². The lowest BCUT2D eigenvalue weighted by Crippen LogP contribution is -2.23. The second kappa shape index (κ2) is 13.1. The van der Waals surface area contributed by atoms with Gasteiger partial charge < -0.3 is 14.4 Å². The van der Waals surface area contributed by atoms with Crippen molar-refractivity contribution in [2.24, 2.45) is 5.92 Å². The number of rotatable bonds is 12. The average molecular weight is 627 g/mol. The van der Waals surface area contributed by atoms with Gasteiger partial charge in [0.05, 0.1) is 24.2 Å². The monoisotopic (exact) mass is 626 g/mol. The van der Waals surface area contributed by atoms with Crippen molar-refractivity contribution in [2.45, 2.75) is 77.7 Å². The second-order valence-corrected chi connectivity index (χ2v) is 12.4. The highest BCUT2D eigenvalue weighted by atomic mass is 19.3. The van der Waals surface area contributed by atoms with Crippen LogP contribution < -0.4 is 9.47 Å². The second-order valence-electron chi connectivity index (χ2n) is 12.4. The number of hydrogen-bond donors (Lipinski definition) is 0. The summed E-state index contributed by atoms with van der Waals surface area (Å²) in [6.07, 6.45) is 14.5. The number of hydrogen-bond acceptors (Lipinski definition) is 8. The molecule has 2 saturated carbocycles. The molecule has 6 rings (SSSR count). The Morgan fingerprint density at radius 3 is 2.63 bits per heavy atom. The lowest BCUT2D eigenvalue weighted by Gasteiger charge is -2.26. The third-order valence-electron chi connectivity index (χ3n) is 8.42. The van der Waals surface area contributed by atoms with Gasteiger partial charge in [-0.15, -0.1) is 0 Å². The Balaban J connectivity index is 1.27. The maximum atomic E-state index is 15.0. The molecule has 1 aliphatic heterocycles. The van der Waals surface area contributed by atoms with Crippen LogP contribution >= 0.6 is 0 Å². The van der Waals surface area contributed by atoms with Crippen LogP contribution in [0, 0.1) is 12.8 Å². The van der Waals surface area contributed by atoms with Crippen LogP contribution in [-0.2, 0) is 6.61 Å². The SMILES string of the molecule is C=C(C)c1cc(COc2cc(C)nc(-c3c(OC)ncnc3C3CC3)n2)cnc1C1=CCCC(C(F)(F)/C=C/C)=CN1CC1CC1. The van der Waals surface area contributed by atoms with Crippen molar-refractivity contribution in [1.82, 2.24) is 29.8 Å². The van der Waals surface area contributed by atoms with Crippen molar-refractivity contribution < 1.29 is 18.3 Å². The molecule has 0 aromatic carbocycles. The van der Waals surface area contributed by atoms with Crippen LogP contribution in [0.2, 0.25) is 0 Å². The first-order chi connectivity index (χ1) is 22.2. The van der Waals surface area contributed by atoms with Gasteiger partial charge >= 0.3 is 0 Å². The third kappa shape index (κ3) is 7.00. The van der Waals surface area contributed by atoms with E-state index in [1.165, 1.54) is 12.4 Å². The van der Waals surface area contributed by atoms with Gasteiger partial charge in [-0.2, -0.15) is 13.8 Å². The predicted molar refractivity (Wildman–Crippen MR) is 174 cm³/mol. The molecule has 240 valence electrons. The van der Waals surface area contributed by atoms with E-state index < -0.39 is 5.92 Å². The number of ether oxygens (including phenoxy) is 2. The third-order valence-corrected chi connectivity index (χ3v) is 8.42. The Hall–Kier alpha value is -4.47. The number of nitrogens with zero attached hydrogens (tertiary/aromatic N) is 6. The summed E-state index contributed by atoms with van der Waals surface area (Å²) in [7, 11) is 1.58. The van der Waals surface area contributed by atoms with Crippen molar-refractivity contribution in [3.05, 3.63) is 89.4 Å². The molecule has 3 aromatic rings. The van der Waals surface area contributed by atoms with Gasteiger partial charge in [-0.05, 0) is 82.9 Å². The number of allylic oxidation sites excluding steroid dienone is 5. The van der Waals surface area contributed by atoms with E-state index >= 15 is 8.78 Å². The van der Waals surface area contributed by atoms with Crippen LogP contribution in [0.1, 0.15) is 86.5 Å². The van der Waals surface area contributed by atoms with Gasteiger partial charge in [0.1, 0.15) is 18.5 Å². The van der Waals surface area contributed by atoms with Crippen molar-refractivity contribution >= 4 is 11.3 Å². The molecular weight excluding hydrogens is 586 g/mol. The van der Waals surface area contributed by atoms with Crippen LogP contribution in [0.15, 0.2) is 61.2 Å². The molecule has 46 heavy (non-hydrogen) atoms. The highest BCUT2D eigenvalue weighted by Crippen LogP contribution is 2.45. The van der Waals surface area contributed by atoms with Crippen molar-refractivity contribution in [1.29, 1.82) is 0 Å². The molecule has 3 aliphatic rings. The lowest BCUT2D eigenvalue weighted by molar-refractivity contribution is 0.0914. The van der Waals surface area contributed by atoms with E-state index in [1.54, 1.807) is 32.5 Å². The summed E-state index contributed by atoms with van der Waals surface area (Å²) < 4.78 is 41.8. The molecule has 0 saturated heterocycles. The topological polar surface area (TPSA) is 86.2 Å². The van der Waals surface area contributed by atoms with E-state index in [9.17, 15) is 0 Å². The van der Waals surface area contributed by atoms with E-state index in [0.29, 0.717) is 47.9 Å². The summed E-state index contributed by atoms with van der Waals surface area (Å²) in [5.74, 6) is -0.842. The van der Waals surface area contributed by atoms with Gasteiger partial charge in [0.25, 0.3) is 5.92 Å². The van der Waals surface area contributed by atoms with Crippen molar-refractivity contribution in [3.63, 3.8) is 0 Å². The highest BCUT2D eigenvalue weighted by Gasteiger charge is 2.35. The smallest absolute Gasteiger partial charge is 0.289 e. The summed E-state index contributed by atoms with van der Waals surface area (Å²) >= 11 is 0. The predicted octanol–water partition coefficient (Wildman–Crippen LogP) is 8.08. The minimum Gasteiger partial charge on any atom is -0.480 e. The maximum Gasteiger partial charge on any atom is 0.289 e. The van der Waals surface area contributed by atoms with Gasteiger partial charge in [-0.25, -0.2) is 15.0 Å². The Kier molecular flexibility index (Phi) is 8.97. The molecule has 2 aliphatic carbocycles. The van der Waals surface area contributed by atoms with Gasteiger partial charge in [-0.1, -0.05) is 18.7 Å². The van der Waals surface area contributed by atoms with E-state index in [-0.39, 0.29) is 18.6 Å². The van der Waals surface area contributed by atoms with Crippen LogP contribution in [0.5, 0.6) is 11.8 Å². The van der Waals surface area contributed by atoms with Gasteiger partial charge in [-0.3, -0.25) is 4.98 Å². The van der Waals surface area contributed by atoms with Crippen LogP contribution in [0.25, 0.3) is 22.7 Å². The molecule has 0 N–H and O–H groups in total. The highest BCUT2D eigenvalue weighted by molar-refractivity contribution is 5.76. The number of aromatic nitrogens is 5. The summed E-state index contributed by atoms with van der Waals surface area (Å²) in [5, 5.41) is 0. The molecular formula is C36H40F2N6O2. The summed E-state index contributed by atoms with van der Waals surface area (Å²) in [5.41, 5.74) is 6.53. The number of halogens is 2. The van der Waals surface area contributed by atoms with Gasteiger partial charge in [0.2, 0.25) is 11.8 Å². The molecule has 4 heterocycles. The summed E-state index contributed by atoms with van der Waals surface area (Å²) in [4.78, 5) is 25.1. The average Bonchev–Trinajstić information content (AvgIpc) is 3.94. The minimum absolute atomic E-state index is 0.114. The number of alkyl halides is 2. The number of pyridine rings is 1. The molecule has 0 spiro atoms. The first-order valence-corrected chi connectivity index (χ1v) is 15.9. The normalized spacial score (nSPS) is 17.0. The Bertz CT molecular complexity index is 1730. The fraction of sp³-hybridized carbons (Fsp3) is 0.417. The molecule has 0 radical (unpaired) electrons.